The van der Waals surface area contributed by atoms with E-state index in [1.165, 1.54) is 4.57 Å². The molecule has 0 N–H and O–H groups in total. The van der Waals surface area contributed by atoms with Crippen LogP contribution in [0, 0.1) is 6.92 Å². The van der Waals surface area contributed by atoms with Crippen molar-refractivity contribution in [1.82, 2.24) is 9.13 Å². The molecule has 0 amide bonds. The summed E-state index contributed by atoms with van der Waals surface area (Å²) in [5.74, 6) is -0.804. The van der Waals surface area contributed by atoms with E-state index in [-0.39, 0.29) is 23.3 Å². The Balaban J connectivity index is 2.04. The second-order valence-electron chi connectivity index (χ2n) is 6.68. The Labute approximate surface area is 149 Å². The van der Waals surface area contributed by atoms with Gasteiger partial charge in [-0.25, -0.2) is 0 Å². The molecule has 0 bridgehead atoms. The van der Waals surface area contributed by atoms with E-state index in [0.29, 0.717) is 16.8 Å². The molecule has 26 heavy (non-hydrogen) atoms. The molecule has 3 aromatic rings. The van der Waals surface area contributed by atoms with Gasteiger partial charge >= 0.3 is 5.97 Å². The topological polar surface area (TPSA) is 70.3 Å². The fourth-order valence-electron chi connectivity index (χ4n) is 3.61. The van der Waals surface area contributed by atoms with E-state index in [0.717, 1.165) is 10.9 Å². The van der Waals surface area contributed by atoms with Crippen molar-refractivity contribution in [1.29, 1.82) is 0 Å². The highest BCUT2D eigenvalue weighted by molar-refractivity contribution is 5.81. The minimum atomic E-state index is -0.617. The predicted octanol–water partition coefficient (Wildman–Crippen LogP) is 1.99. The van der Waals surface area contributed by atoms with E-state index in [4.69, 9.17) is 4.74 Å². The number of carbonyl (C=O) groups excluding carboxylic acids is 1. The number of ether oxygens (including phenoxy) is 1. The lowest BCUT2D eigenvalue weighted by Crippen LogP contribution is -2.35. The van der Waals surface area contributed by atoms with Gasteiger partial charge in [0, 0.05) is 37.3 Å². The Morgan fingerprint density at radius 1 is 1.00 bits per heavy atom. The molecule has 1 aliphatic heterocycles. The van der Waals surface area contributed by atoms with Crippen molar-refractivity contribution in [2.45, 2.75) is 19.3 Å². The van der Waals surface area contributed by atoms with Gasteiger partial charge in [-0.3, -0.25) is 14.4 Å². The van der Waals surface area contributed by atoms with Crippen molar-refractivity contribution >= 4 is 16.9 Å². The molecule has 2 aromatic heterocycles. The van der Waals surface area contributed by atoms with Crippen molar-refractivity contribution in [2.75, 3.05) is 0 Å². The van der Waals surface area contributed by atoms with Crippen molar-refractivity contribution < 1.29 is 9.53 Å². The first-order chi connectivity index (χ1) is 12.4. The molecule has 1 aliphatic rings. The van der Waals surface area contributed by atoms with Crippen LogP contribution < -0.4 is 15.9 Å². The minimum absolute atomic E-state index is 0.0289. The summed E-state index contributed by atoms with van der Waals surface area (Å²) in [6.07, 6.45) is -0.0289. The number of esters is 1. The highest BCUT2D eigenvalue weighted by Gasteiger charge is 2.34. The second-order valence-corrected chi connectivity index (χ2v) is 6.68. The Kier molecular flexibility index (Phi) is 3.57. The third kappa shape index (κ3) is 2.29. The maximum atomic E-state index is 13.0. The van der Waals surface area contributed by atoms with Gasteiger partial charge in [-0.1, -0.05) is 18.2 Å². The van der Waals surface area contributed by atoms with Crippen molar-refractivity contribution in [3.05, 3.63) is 73.9 Å². The number of aryl methyl sites for hydroxylation is 2. The van der Waals surface area contributed by atoms with Gasteiger partial charge in [-0.05, 0) is 24.4 Å². The normalized spacial score (nSPS) is 16.4. The Morgan fingerprint density at radius 2 is 1.73 bits per heavy atom. The molecule has 4 rings (SSSR count). The number of hydrogen-bond donors (Lipinski definition) is 0. The van der Waals surface area contributed by atoms with E-state index in [2.05, 4.69) is 0 Å². The maximum Gasteiger partial charge on any atom is 0.312 e. The van der Waals surface area contributed by atoms with E-state index in [9.17, 15) is 14.4 Å². The standard InChI is InChI=1S/C20H18N2O4/c1-11-8-16-18(20(25)21(11)2)13(10-17(23)26-16)14-9-12-6-4-5-7-15(12)22(3)19(14)24/h4-9,13H,10H2,1-3H3. The van der Waals surface area contributed by atoms with Gasteiger partial charge < -0.3 is 13.9 Å². The first-order valence-electron chi connectivity index (χ1n) is 8.38. The van der Waals surface area contributed by atoms with Crippen LogP contribution in [0.25, 0.3) is 10.9 Å². The molecule has 0 aliphatic carbocycles. The zero-order valence-corrected chi connectivity index (χ0v) is 14.8. The lowest BCUT2D eigenvalue weighted by atomic mass is 9.87. The van der Waals surface area contributed by atoms with Crippen molar-refractivity contribution in [3.63, 3.8) is 0 Å². The molecule has 1 atom stereocenters. The maximum absolute atomic E-state index is 13.0. The molecule has 6 nitrogen and oxygen atoms in total. The van der Waals surface area contributed by atoms with Gasteiger partial charge in [0.2, 0.25) is 0 Å². The molecule has 3 heterocycles. The third-order valence-corrected chi connectivity index (χ3v) is 5.15. The van der Waals surface area contributed by atoms with Crippen LogP contribution in [0.1, 0.15) is 29.2 Å². The molecular formula is C20H18N2O4. The van der Waals surface area contributed by atoms with E-state index in [1.54, 1.807) is 37.7 Å². The number of hydrogen-bond acceptors (Lipinski definition) is 4. The number of fused-ring (bicyclic) bond motifs is 2. The summed E-state index contributed by atoms with van der Waals surface area (Å²) in [6.45, 7) is 1.77. The van der Waals surface area contributed by atoms with Crippen LogP contribution in [0.5, 0.6) is 5.75 Å². The summed E-state index contributed by atoms with van der Waals surface area (Å²) in [7, 11) is 3.37. The summed E-state index contributed by atoms with van der Waals surface area (Å²) < 4.78 is 8.37. The van der Waals surface area contributed by atoms with Crippen LogP contribution in [0.3, 0.4) is 0 Å². The molecule has 0 fully saturated rings. The van der Waals surface area contributed by atoms with Gasteiger partial charge in [0.1, 0.15) is 5.75 Å². The van der Waals surface area contributed by atoms with Gasteiger partial charge in [-0.2, -0.15) is 0 Å². The molecule has 1 unspecified atom stereocenters. The molecule has 0 saturated heterocycles. The van der Waals surface area contributed by atoms with Crippen molar-refractivity contribution in [2.24, 2.45) is 14.1 Å². The molecule has 0 radical (unpaired) electrons. The van der Waals surface area contributed by atoms with Crippen molar-refractivity contribution in [3.8, 4) is 5.75 Å². The van der Waals surface area contributed by atoms with Crippen LogP contribution in [0.15, 0.2) is 46.0 Å². The number of benzene rings is 1. The fourth-order valence-corrected chi connectivity index (χ4v) is 3.61. The highest BCUT2D eigenvalue weighted by Crippen LogP contribution is 2.36. The molecular weight excluding hydrogens is 332 g/mol. The van der Waals surface area contributed by atoms with Crippen LogP contribution in [-0.2, 0) is 18.9 Å². The lowest BCUT2D eigenvalue weighted by molar-refractivity contribution is -0.135. The van der Waals surface area contributed by atoms with Gasteiger partial charge in [0.15, 0.2) is 0 Å². The summed E-state index contributed by atoms with van der Waals surface area (Å²) in [6, 6.07) is 11.0. The minimum Gasteiger partial charge on any atom is -0.426 e. The molecule has 6 heteroatoms. The smallest absolute Gasteiger partial charge is 0.312 e. The van der Waals surface area contributed by atoms with Crippen LogP contribution >= 0.6 is 0 Å². The number of para-hydroxylation sites is 1. The fraction of sp³-hybridized carbons (Fsp3) is 0.250. The SMILES string of the molecule is Cc1cc2c(c(=O)n1C)C(c1cc3ccccc3n(C)c1=O)CC(=O)O2. The number of pyridine rings is 2. The zero-order valence-electron chi connectivity index (χ0n) is 14.8. The van der Waals surface area contributed by atoms with E-state index in [1.807, 2.05) is 24.3 Å². The van der Waals surface area contributed by atoms with Gasteiger partial charge in [0.05, 0.1) is 17.5 Å². The third-order valence-electron chi connectivity index (χ3n) is 5.15. The number of aromatic nitrogens is 2. The first-order valence-corrected chi connectivity index (χ1v) is 8.38. The zero-order chi connectivity index (χ0) is 18.6. The monoisotopic (exact) mass is 350 g/mol. The van der Waals surface area contributed by atoms with E-state index < -0.39 is 11.9 Å². The second kappa shape index (κ2) is 5.69. The largest absolute Gasteiger partial charge is 0.426 e. The Hall–Kier alpha value is -3.15. The number of nitrogens with zero attached hydrogens (tertiary/aromatic N) is 2. The highest BCUT2D eigenvalue weighted by atomic mass is 16.5. The van der Waals surface area contributed by atoms with E-state index >= 15 is 0 Å². The summed E-state index contributed by atoms with van der Waals surface area (Å²) in [4.78, 5) is 37.9. The molecule has 132 valence electrons. The lowest BCUT2D eigenvalue weighted by Gasteiger charge is -2.25. The van der Waals surface area contributed by atoms with Gasteiger partial charge in [0.25, 0.3) is 11.1 Å². The number of rotatable bonds is 1. The van der Waals surface area contributed by atoms with Crippen LogP contribution in [0.2, 0.25) is 0 Å². The van der Waals surface area contributed by atoms with Crippen LogP contribution in [0.4, 0.5) is 0 Å². The predicted molar refractivity (Wildman–Crippen MR) is 97.7 cm³/mol. The van der Waals surface area contributed by atoms with Crippen LogP contribution in [-0.4, -0.2) is 15.1 Å². The quantitative estimate of drug-likeness (QED) is 0.629. The molecule has 0 spiro atoms. The Bertz CT molecular complexity index is 1190. The summed E-state index contributed by atoms with van der Waals surface area (Å²) in [5.41, 5.74) is 1.84. The Morgan fingerprint density at radius 3 is 2.50 bits per heavy atom. The first kappa shape index (κ1) is 16.3. The summed E-state index contributed by atoms with van der Waals surface area (Å²) >= 11 is 0. The van der Waals surface area contributed by atoms with Gasteiger partial charge in [-0.15, -0.1) is 0 Å². The molecule has 0 saturated carbocycles. The average molecular weight is 350 g/mol. The average Bonchev–Trinajstić information content (AvgIpc) is 2.62. The summed E-state index contributed by atoms with van der Waals surface area (Å²) in [5, 5.41) is 0.883. The molecule has 1 aromatic carbocycles. The number of carbonyl (C=O) groups is 1.